The van der Waals surface area contributed by atoms with Crippen molar-refractivity contribution in [3.8, 4) is 5.75 Å². The third kappa shape index (κ3) is 5.52. The first kappa shape index (κ1) is 27.6. The van der Waals surface area contributed by atoms with Crippen LogP contribution in [0.25, 0.3) is 5.76 Å². The van der Waals surface area contributed by atoms with E-state index in [0.717, 1.165) is 36.4 Å². The molecule has 1 heterocycles. The van der Waals surface area contributed by atoms with E-state index in [-0.39, 0.29) is 17.1 Å². The van der Waals surface area contributed by atoms with Gasteiger partial charge < -0.3 is 24.5 Å². The van der Waals surface area contributed by atoms with Crippen LogP contribution in [0.15, 0.2) is 42.0 Å². The zero-order valence-electron chi connectivity index (χ0n) is 22.0. The van der Waals surface area contributed by atoms with Crippen LogP contribution in [0, 0.1) is 6.92 Å². The number of hydrogen-bond acceptors (Lipinski definition) is 6. The highest BCUT2D eigenvalue weighted by Gasteiger charge is 2.46. The number of carbonyl (C=O) groups is 2. The molecule has 8 heteroatoms. The number of anilines is 1. The highest BCUT2D eigenvalue weighted by molar-refractivity contribution is 6.46. The summed E-state index contributed by atoms with van der Waals surface area (Å²) in [7, 11) is 5.38. The maximum atomic E-state index is 13.3. The Labute approximate surface area is 218 Å². The minimum atomic E-state index is -0.720. The Morgan fingerprint density at radius 3 is 2.31 bits per heavy atom. The topological polar surface area (TPSA) is 73.3 Å². The molecule has 1 unspecified atom stereocenters. The number of nitrogens with zero attached hydrogens (tertiary/aromatic N) is 3. The van der Waals surface area contributed by atoms with Crippen molar-refractivity contribution in [2.45, 2.75) is 33.2 Å². The zero-order chi connectivity index (χ0) is 26.6. The van der Waals surface area contributed by atoms with Gasteiger partial charge in [-0.15, -0.1) is 0 Å². The maximum absolute atomic E-state index is 13.3. The number of benzene rings is 2. The van der Waals surface area contributed by atoms with Crippen LogP contribution < -0.4 is 9.64 Å². The van der Waals surface area contributed by atoms with E-state index in [1.54, 1.807) is 17.0 Å². The number of amides is 1. The smallest absolute Gasteiger partial charge is 0.295 e. The van der Waals surface area contributed by atoms with Crippen LogP contribution in [0.3, 0.4) is 0 Å². The molecule has 3 rings (SSSR count). The van der Waals surface area contributed by atoms with E-state index in [1.165, 1.54) is 7.11 Å². The van der Waals surface area contributed by atoms with Crippen molar-refractivity contribution in [3.63, 3.8) is 0 Å². The minimum absolute atomic E-state index is 0.0420. The summed E-state index contributed by atoms with van der Waals surface area (Å²) in [5.41, 5.74) is 2.94. The van der Waals surface area contributed by atoms with E-state index in [9.17, 15) is 14.7 Å². The van der Waals surface area contributed by atoms with Gasteiger partial charge in [-0.3, -0.25) is 9.59 Å². The summed E-state index contributed by atoms with van der Waals surface area (Å²) in [4.78, 5) is 32.4. The third-order valence-corrected chi connectivity index (χ3v) is 6.81. The number of aliphatic hydroxyl groups excluding tert-OH is 1. The SMILES string of the molecule is CCN(CC)c1ccc(C2/C(=C(\O)c3cc(C)cc(Cl)c3OC)C(=O)C(=O)N2CCCN(C)C)cc1. The first-order chi connectivity index (χ1) is 17.1. The molecule has 0 radical (unpaired) electrons. The van der Waals surface area contributed by atoms with E-state index in [2.05, 4.69) is 18.7 Å². The van der Waals surface area contributed by atoms with Crippen LogP contribution in [0.5, 0.6) is 5.75 Å². The normalized spacial score (nSPS) is 17.2. The molecule has 2 aromatic carbocycles. The van der Waals surface area contributed by atoms with Gasteiger partial charge in [0.05, 0.1) is 29.3 Å². The summed E-state index contributed by atoms with van der Waals surface area (Å²) in [6, 6.07) is 10.6. The Bertz CT molecular complexity index is 1140. The molecule has 0 aromatic heterocycles. The first-order valence-electron chi connectivity index (χ1n) is 12.3. The number of aliphatic hydroxyl groups is 1. The number of Topliss-reactive ketones (excluding diaryl/α,β-unsaturated/α-hetero) is 1. The van der Waals surface area contributed by atoms with Gasteiger partial charge in [0.2, 0.25) is 0 Å². The number of ketones is 1. The van der Waals surface area contributed by atoms with E-state index < -0.39 is 17.7 Å². The second kappa shape index (κ2) is 11.8. The molecule has 1 atom stereocenters. The Balaban J connectivity index is 2.17. The van der Waals surface area contributed by atoms with Crippen LogP contribution in [-0.2, 0) is 9.59 Å². The van der Waals surface area contributed by atoms with Crippen LogP contribution in [0.4, 0.5) is 5.69 Å². The van der Waals surface area contributed by atoms with Crippen molar-refractivity contribution in [1.29, 1.82) is 0 Å². The second-order valence-electron chi connectivity index (χ2n) is 9.24. The number of ether oxygens (including phenoxy) is 1. The quantitative estimate of drug-likeness (QED) is 0.277. The van der Waals surface area contributed by atoms with Crippen molar-refractivity contribution in [2.75, 3.05) is 52.3 Å². The van der Waals surface area contributed by atoms with Gasteiger partial charge in [0.25, 0.3) is 11.7 Å². The lowest BCUT2D eigenvalue weighted by atomic mass is 9.94. The van der Waals surface area contributed by atoms with E-state index in [4.69, 9.17) is 16.3 Å². The molecule has 1 amide bonds. The number of aryl methyl sites for hydroxylation is 1. The van der Waals surface area contributed by atoms with Crippen LogP contribution in [0.1, 0.15) is 43.0 Å². The molecule has 194 valence electrons. The molecule has 7 nitrogen and oxygen atoms in total. The molecule has 0 saturated carbocycles. The lowest BCUT2D eigenvalue weighted by Gasteiger charge is -2.27. The summed E-state index contributed by atoms with van der Waals surface area (Å²) in [6.45, 7) is 8.91. The van der Waals surface area contributed by atoms with Gasteiger partial charge in [-0.1, -0.05) is 23.7 Å². The highest BCUT2D eigenvalue weighted by atomic mass is 35.5. The average Bonchev–Trinajstić information content (AvgIpc) is 3.09. The molecule has 1 fully saturated rings. The van der Waals surface area contributed by atoms with E-state index in [0.29, 0.717) is 23.6 Å². The lowest BCUT2D eigenvalue weighted by Crippen LogP contribution is -2.32. The third-order valence-electron chi connectivity index (χ3n) is 6.53. The van der Waals surface area contributed by atoms with Gasteiger partial charge in [-0.25, -0.2) is 0 Å². The fraction of sp³-hybridized carbons (Fsp3) is 0.429. The molecule has 1 saturated heterocycles. The number of likely N-dealkylation sites (tertiary alicyclic amines) is 1. The van der Waals surface area contributed by atoms with Crippen LogP contribution in [-0.4, -0.2) is 74.0 Å². The zero-order valence-corrected chi connectivity index (χ0v) is 22.7. The maximum Gasteiger partial charge on any atom is 0.295 e. The molecule has 1 aliphatic heterocycles. The monoisotopic (exact) mass is 513 g/mol. The van der Waals surface area contributed by atoms with Gasteiger partial charge in [0.1, 0.15) is 11.5 Å². The number of halogens is 1. The van der Waals surface area contributed by atoms with Crippen LogP contribution >= 0.6 is 11.6 Å². The number of rotatable bonds is 10. The molecular formula is C28H36ClN3O4. The van der Waals surface area contributed by atoms with Gasteiger partial charge in [-0.05, 0) is 83.2 Å². The highest BCUT2D eigenvalue weighted by Crippen LogP contribution is 2.43. The van der Waals surface area contributed by atoms with E-state index >= 15 is 0 Å². The average molecular weight is 514 g/mol. The Hall–Kier alpha value is -3.03. The molecule has 0 spiro atoms. The number of methoxy groups -OCH3 is 1. The molecule has 36 heavy (non-hydrogen) atoms. The van der Waals surface area contributed by atoms with Gasteiger partial charge >= 0.3 is 0 Å². The largest absolute Gasteiger partial charge is 0.507 e. The molecule has 0 aliphatic carbocycles. The van der Waals surface area contributed by atoms with Crippen LogP contribution in [0.2, 0.25) is 5.02 Å². The standard InChI is InChI=1S/C28H36ClN3O4/c1-7-31(8-2)20-12-10-19(11-13-20)24-23(26(34)28(35)32(24)15-9-14-30(4)5)25(33)21-16-18(3)17-22(29)27(21)36-6/h10-13,16-17,24,33H,7-9,14-15H2,1-6H3/b25-23+. The molecular weight excluding hydrogens is 478 g/mol. The number of hydrogen-bond donors (Lipinski definition) is 1. The van der Waals surface area contributed by atoms with E-state index in [1.807, 2.05) is 50.2 Å². The fourth-order valence-corrected chi connectivity index (χ4v) is 5.08. The predicted molar refractivity (Wildman–Crippen MR) is 145 cm³/mol. The summed E-state index contributed by atoms with van der Waals surface area (Å²) < 4.78 is 5.45. The molecule has 1 aliphatic rings. The molecule has 1 N–H and O–H groups in total. The van der Waals surface area contributed by atoms with Gasteiger partial charge in [0, 0.05) is 25.3 Å². The number of carbonyl (C=O) groups excluding carboxylic acids is 2. The Morgan fingerprint density at radius 2 is 1.75 bits per heavy atom. The predicted octanol–water partition coefficient (Wildman–Crippen LogP) is 4.88. The lowest BCUT2D eigenvalue weighted by molar-refractivity contribution is -0.139. The van der Waals surface area contributed by atoms with Crippen molar-refractivity contribution >= 4 is 34.7 Å². The molecule has 0 bridgehead atoms. The minimum Gasteiger partial charge on any atom is -0.507 e. The summed E-state index contributed by atoms with van der Waals surface area (Å²) in [6.07, 6.45) is 0.688. The summed E-state index contributed by atoms with van der Waals surface area (Å²) in [5, 5.41) is 11.8. The summed E-state index contributed by atoms with van der Waals surface area (Å²) in [5.74, 6) is -1.36. The van der Waals surface area contributed by atoms with Crippen molar-refractivity contribution in [3.05, 3.63) is 63.7 Å². The van der Waals surface area contributed by atoms with Gasteiger partial charge in [0.15, 0.2) is 0 Å². The van der Waals surface area contributed by atoms with Gasteiger partial charge in [-0.2, -0.15) is 0 Å². The first-order valence-corrected chi connectivity index (χ1v) is 12.6. The fourth-order valence-electron chi connectivity index (χ4n) is 4.73. The van der Waals surface area contributed by atoms with Crippen molar-refractivity contribution in [1.82, 2.24) is 9.80 Å². The molecule has 2 aromatic rings. The Kier molecular flexibility index (Phi) is 9.03. The Morgan fingerprint density at radius 1 is 1.11 bits per heavy atom. The summed E-state index contributed by atoms with van der Waals surface area (Å²) >= 11 is 6.38. The second-order valence-corrected chi connectivity index (χ2v) is 9.65. The van der Waals surface area contributed by atoms with Crippen molar-refractivity contribution in [2.24, 2.45) is 0 Å². The van der Waals surface area contributed by atoms with Crippen molar-refractivity contribution < 1.29 is 19.4 Å².